The van der Waals surface area contributed by atoms with Gasteiger partial charge in [-0.1, -0.05) is 6.07 Å². The Morgan fingerprint density at radius 3 is 2.71 bits per heavy atom. The fraction of sp³-hybridized carbons (Fsp3) is 0.350. The van der Waals surface area contributed by atoms with E-state index in [-0.39, 0.29) is 28.6 Å². The molecule has 3 rings (SSSR count). The van der Waals surface area contributed by atoms with Crippen LogP contribution in [0.1, 0.15) is 23.3 Å². The fourth-order valence-corrected chi connectivity index (χ4v) is 4.01. The van der Waals surface area contributed by atoms with Crippen molar-refractivity contribution in [3.8, 4) is 10.6 Å². The SMILES string of the molecule is CN=C(/C(=C\N)NC(=O)c1csc(-c2c(F)cccc2F)n1)C1CC[C@@H](N)[C@H](F)CO1. The number of carbonyl (C=O) groups excluding carboxylic acids is 1. The summed E-state index contributed by atoms with van der Waals surface area (Å²) in [6, 6.07) is 2.82. The molecule has 1 aliphatic rings. The first kappa shape index (κ1) is 22.9. The van der Waals surface area contributed by atoms with Gasteiger partial charge in [0.2, 0.25) is 0 Å². The van der Waals surface area contributed by atoms with Gasteiger partial charge in [0.1, 0.15) is 34.6 Å². The number of ether oxygens (including phenoxy) is 1. The molecule has 0 radical (unpaired) electrons. The summed E-state index contributed by atoms with van der Waals surface area (Å²) in [6.45, 7) is -0.194. The second-order valence-corrected chi connectivity index (χ2v) is 7.72. The molecule has 5 N–H and O–H groups in total. The first-order valence-corrected chi connectivity index (χ1v) is 10.3. The van der Waals surface area contributed by atoms with E-state index in [1.807, 2.05) is 0 Å². The van der Waals surface area contributed by atoms with Gasteiger partial charge in [0, 0.05) is 24.7 Å². The molecule has 0 spiro atoms. The molecule has 1 aromatic heterocycles. The molecule has 2 heterocycles. The summed E-state index contributed by atoms with van der Waals surface area (Å²) in [5.41, 5.74) is 11.6. The van der Waals surface area contributed by atoms with E-state index in [1.165, 1.54) is 18.5 Å². The minimum atomic E-state index is -1.30. The Bertz CT molecular complexity index is 978. The van der Waals surface area contributed by atoms with E-state index >= 15 is 0 Å². The number of alkyl halides is 1. The topological polar surface area (TPSA) is 116 Å². The van der Waals surface area contributed by atoms with Crippen molar-refractivity contribution >= 4 is 23.0 Å². The van der Waals surface area contributed by atoms with Crippen LogP contribution >= 0.6 is 11.3 Å². The van der Waals surface area contributed by atoms with Gasteiger partial charge in [-0.25, -0.2) is 18.2 Å². The molecular formula is C20H22F3N5O2S. The molecule has 1 saturated heterocycles. The molecule has 11 heteroatoms. The first-order chi connectivity index (χ1) is 14.8. The van der Waals surface area contributed by atoms with Gasteiger partial charge in [-0.05, 0) is 25.0 Å². The van der Waals surface area contributed by atoms with E-state index in [1.54, 1.807) is 0 Å². The van der Waals surface area contributed by atoms with Crippen LogP contribution in [0.4, 0.5) is 13.2 Å². The lowest BCUT2D eigenvalue weighted by Gasteiger charge is -2.20. The molecule has 1 unspecified atom stereocenters. The Hall–Kier alpha value is -2.76. The van der Waals surface area contributed by atoms with Gasteiger partial charge >= 0.3 is 0 Å². The highest BCUT2D eigenvalue weighted by molar-refractivity contribution is 7.13. The third-order valence-electron chi connectivity index (χ3n) is 4.83. The number of rotatable bonds is 5. The number of aliphatic imine (C=N–C) groups is 1. The molecule has 3 atom stereocenters. The number of hydrogen-bond donors (Lipinski definition) is 3. The largest absolute Gasteiger partial charge is 0.403 e. The van der Waals surface area contributed by atoms with Crippen molar-refractivity contribution in [3.05, 3.63) is 52.8 Å². The number of nitrogens with zero attached hydrogens (tertiary/aromatic N) is 2. The minimum Gasteiger partial charge on any atom is -0.403 e. The number of hydrogen-bond acceptors (Lipinski definition) is 7. The summed E-state index contributed by atoms with van der Waals surface area (Å²) in [4.78, 5) is 20.9. The molecule has 166 valence electrons. The number of nitrogens with one attached hydrogen (secondary N) is 1. The van der Waals surface area contributed by atoms with Crippen molar-refractivity contribution in [2.45, 2.75) is 31.2 Å². The van der Waals surface area contributed by atoms with Crippen LogP contribution in [0.5, 0.6) is 0 Å². The minimum absolute atomic E-state index is 0.0264. The average Bonchev–Trinajstić information content (AvgIpc) is 3.17. The highest BCUT2D eigenvalue weighted by Crippen LogP contribution is 2.29. The fourth-order valence-electron chi connectivity index (χ4n) is 3.17. The standard InChI is InChI=1S/C20H22F3N5O2S/c1-26-18(16-6-5-13(25)12(23)8-30-16)14(7-24)27-19(29)15-9-31-20(28-15)17-10(21)3-2-4-11(17)22/h2-4,7,9,12-13,16H,5-6,8,24-25H2,1H3,(H,27,29)/b14-7+,26-18?/t12-,13-,16?/m1/s1. The summed E-state index contributed by atoms with van der Waals surface area (Å²) in [6.07, 6.45) is 0.0148. The number of carbonyl (C=O) groups is 1. The van der Waals surface area contributed by atoms with Crippen LogP contribution in [0, 0.1) is 11.6 Å². The summed E-state index contributed by atoms with van der Waals surface area (Å²) >= 11 is 0.926. The summed E-state index contributed by atoms with van der Waals surface area (Å²) in [5.74, 6) is -2.20. The van der Waals surface area contributed by atoms with Crippen molar-refractivity contribution in [2.24, 2.45) is 16.5 Å². The van der Waals surface area contributed by atoms with Gasteiger partial charge in [0.25, 0.3) is 5.91 Å². The van der Waals surface area contributed by atoms with Gasteiger partial charge < -0.3 is 21.5 Å². The van der Waals surface area contributed by atoms with Crippen LogP contribution in [-0.4, -0.2) is 48.6 Å². The Morgan fingerprint density at radius 2 is 2.06 bits per heavy atom. The van der Waals surface area contributed by atoms with Crippen molar-refractivity contribution < 1.29 is 22.7 Å². The predicted octanol–water partition coefficient (Wildman–Crippen LogP) is 2.53. The van der Waals surface area contributed by atoms with E-state index in [9.17, 15) is 18.0 Å². The molecule has 0 aliphatic carbocycles. The van der Waals surface area contributed by atoms with Crippen molar-refractivity contribution in [1.82, 2.24) is 10.3 Å². The normalized spacial score (nSPS) is 22.8. The highest BCUT2D eigenvalue weighted by Gasteiger charge is 2.30. The van der Waals surface area contributed by atoms with E-state index in [0.29, 0.717) is 18.6 Å². The van der Waals surface area contributed by atoms with Crippen LogP contribution in [-0.2, 0) is 4.74 Å². The molecule has 7 nitrogen and oxygen atoms in total. The third-order valence-corrected chi connectivity index (χ3v) is 5.69. The maximum absolute atomic E-state index is 14.0. The molecule has 1 amide bonds. The molecule has 0 bridgehead atoms. The highest BCUT2D eigenvalue weighted by atomic mass is 32.1. The van der Waals surface area contributed by atoms with Crippen molar-refractivity contribution in [2.75, 3.05) is 13.7 Å². The summed E-state index contributed by atoms with van der Waals surface area (Å²) in [5, 5.41) is 3.99. The van der Waals surface area contributed by atoms with E-state index in [2.05, 4.69) is 15.3 Å². The Kier molecular flexibility index (Phi) is 7.42. The Labute approximate surface area is 181 Å². The Morgan fingerprint density at radius 1 is 1.35 bits per heavy atom. The summed E-state index contributed by atoms with van der Waals surface area (Å²) < 4.78 is 47.4. The molecule has 31 heavy (non-hydrogen) atoms. The van der Waals surface area contributed by atoms with E-state index < -0.39 is 35.9 Å². The quantitative estimate of drug-likeness (QED) is 0.602. The van der Waals surface area contributed by atoms with Crippen molar-refractivity contribution in [3.63, 3.8) is 0 Å². The lowest BCUT2D eigenvalue weighted by atomic mass is 10.0. The summed E-state index contributed by atoms with van der Waals surface area (Å²) in [7, 11) is 1.49. The van der Waals surface area contributed by atoms with Crippen LogP contribution in [0.25, 0.3) is 10.6 Å². The molecule has 1 aromatic carbocycles. The van der Waals surface area contributed by atoms with Gasteiger partial charge in [0.05, 0.1) is 23.6 Å². The Balaban J connectivity index is 1.76. The van der Waals surface area contributed by atoms with Gasteiger partial charge in [0.15, 0.2) is 0 Å². The molecule has 0 saturated carbocycles. The lowest BCUT2D eigenvalue weighted by Crippen LogP contribution is -2.35. The first-order valence-electron chi connectivity index (χ1n) is 9.47. The van der Waals surface area contributed by atoms with Crippen LogP contribution in [0.15, 0.2) is 40.5 Å². The molecule has 1 fully saturated rings. The number of amides is 1. The number of aromatic nitrogens is 1. The second-order valence-electron chi connectivity index (χ2n) is 6.86. The third kappa shape index (κ3) is 5.12. The smallest absolute Gasteiger partial charge is 0.275 e. The zero-order valence-electron chi connectivity index (χ0n) is 16.6. The maximum atomic E-state index is 14.0. The number of halogens is 3. The zero-order valence-corrected chi connectivity index (χ0v) is 17.5. The van der Waals surface area contributed by atoms with Gasteiger partial charge in [-0.3, -0.25) is 9.79 Å². The zero-order chi connectivity index (χ0) is 22.5. The average molecular weight is 453 g/mol. The van der Waals surface area contributed by atoms with Crippen LogP contribution < -0.4 is 16.8 Å². The number of benzene rings is 1. The van der Waals surface area contributed by atoms with Gasteiger partial charge in [-0.15, -0.1) is 11.3 Å². The maximum Gasteiger partial charge on any atom is 0.275 e. The second kappa shape index (κ2) is 10.0. The van der Waals surface area contributed by atoms with E-state index in [0.717, 1.165) is 29.7 Å². The van der Waals surface area contributed by atoms with Crippen molar-refractivity contribution in [1.29, 1.82) is 0 Å². The van der Waals surface area contributed by atoms with E-state index in [4.69, 9.17) is 16.2 Å². The predicted molar refractivity (Wildman–Crippen MR) is 112 cm³/mol. The van der Waals surface area contributed by atoms with Crippen LogP contribution in [0.3, 0.4) is 0 Å². The number of nitrogens with two attached hydrogens (primary N) is 2. The molecule has 2 aromatic rings. The number of thiazole rings is 1. The lowest BCUT2D eigenvalue weighted by molar-refractivity contribution is 0.0641. The molecule has 1 aliphatic heterocycles. The molecular weight excluding hydrogens is 431 g/mol. The van der Waals surface area contributed by atoms with Crippen LogP contribution in [0.2, 0.25) is 0 Å². The van der Waals surface area contributed by atoms with Gasteiger partial charge in [-0.2, -0.15) is 0 Å². The monoisotopic (exact) mass is 453 g/mol.